The quantitative estimate of drug-likeness (QED) is 0.450. The van der Waals surface area contributed by atoms with Crippen LogP contribution in [-0.4, -0.2) is 21.9 Å². The van der Waals surface area contributed by atoms with Crippen LogP contribution in [0.15, 0.2) is 35.4 Å². The van der Waals surface area contributed by atoms with Crippen molar-refractivity contribution in [1.82, 2.24) is 5.01 Å². The van der Waals surface area contributed by atoms with Crippen molar-refractivity contribution < 1.29 is 14.6 Å². The van der Waals surface area contributed by atoms with Gasteiger partial charge in [-0.1, -0.05) is 41.9 Å². The van der Waals surface area contributed by atoms with Crippen LogP contribution < -0.4 is 0 Å². The Morgan fingerprint density at radius 2 is 1.71 bits per heavy atom. The van der Waals surface area contributed by atoms with Crippen LogP contribution in [0.4, 0.5) is 0 Å². The molecule has 0 N–H and O–H groups in total. The maximum atomic E-state index is 11.7. The molecule has 0 unspecified atom stereocenters. The zero-order chi connectivity index (χ0) is 12.6. The van der Waals surface area contributed by atoms with Crippen LogP contribution >= 0.6 is 11.6 Å². The maximum absolute atomic E-state index is 11.7. The number of imide groups is 1. The Bertz CT molecular complexity index is 553. The van der Waals surface area contributed by atoms with Crippen molar-refractivity contribution in [2.45, 2.75) is 0 Å². The fourth-order valence-electron chi connectivity index (χ4n) is 1.50. The third-order valence-corrected chi connectivity index (χ3v) is 2.58. The molecule has 1 heterocycles. The molecule has 0 saturated carbocycles. The number of carbonyl (C=O) groups excluding carboxylic acids is 2. The van der Waals surface area contributed by atoms with E-state index in [9.17, 15) is 19.7 Å². The highest BCUT2D eigenvalue weighted by Gasteiger charge is 2.46. The molecule has 1 aliphatic heterocycles. The van der Waals surface area contributed by atoms with Gasteiger partial charge in [0.1, 0.15) is 5.03 Å². The fraction of sp³-hybridized carbons (Fsp3) is 0. The molecule has 0 fully saturated rings. The number of rotatable bonds is 2. The van der Waals surface area contributed by atoms with Crippen LogP contribution in [-0.2, 0) is 9.59 Å². The van der Waals surface area contributed by atoms with Gasteiger partial charge in [0.2, 0.25) is 0 Å². The van der Waals surface area contributed by atoms with Gasteiger partial charge in [0.05, 0.1) is 5.57 Å². The lowest BCUT2D eigenvalue weighted by atomic mass is 10.1. The topological polar surface area (TPSA) is 80.5 Å². The van der Waals surface area contributed by atoms with Gasteiger partial charge in [-0.05, 0) is 5.56 Å². The molecule has 0 spiro atoms. The number of hydrazine groups is 1. The molecule has 17 heavy (non-hydrogen) atoms. The number of hydrogen-bond acceptors (Lipinski definition) is 4. The van der Waals surface area contributed by atoms with E-state index in [0.29, 0.717) is 5.56 Å². The summed E-state index contributed by atoms with van der Waals surface area (Å²) in [4.78, 5) is 33.7. The highest BCUT2D eigenvalue weighted by Crippen LogP contribution is 2.31. The average molecular weight is 253 g/mol. The summed E-state index contributed by atoms with van der Waals surface area (Å²) in [5.41, 5.74) is 0.231. The Kier molecular flexibility index (Phi) is 2.64. The molecule has 1 aromatic carbocycles. The summed E-state index contributed by atoms with van der Waals surface area (Å²) in [5.74, 6) is -2.13. The zero-order valence-electron chi connectivity index (χ0n) is 8.29. The molecule has 7 heteroatoms. The van der Waals surface area contributed by atoms with Crippen LogP contribution in [0.3, 0.4) is 0 Å². The van der Waals surface area contributed by atoms with Gasteiger partial charge in [-0.2, -0.15) is 0 Å². The van der Waals surface area contributed by atoms with E-state index in [2.05, 4.69) is 0 Å². The Hall–Kier alpha value is -2.21. The Balaban J connectivity index is 2.53. The molecule has 0 radical (unpaired) electrons. The first-order valence-corrected chi connectivity index (χ1v) is 4.90. The molecule has 1 aromatic rings. The minimum atomic E-state index is -1.11. The van der Waals surface area contributed by atoms with Crippen LogP contribution in [0.5, 0.6) is 0 Å². The fourth-order valence-corrected chi connectivity index (χ4v) is 1.77. The largest absolute Gasteiger partial charge is 0.336 e. The summed E-state index contributed by atoms with van der Waals surface area (Å²) >= 11 is 5.66. The maximum Gasteiger partial charge on any atom is 0.336 e. The molecule has 0 saturated heterocycles. The molecule has 6 nitrogen and oxygen atoms in total. The van der Waals surface area contributed by atoms with Crippen molar-refractivity contribution in [3.05, 3.63) is 51.0 Å². The molecule has 0 atom stereocenters. The van der Waals surface area contributed by atoms with Crippen molar-refractivity contribution in [3.8, 4) is 0 Å². The van der Waals surface area contributed by atoms with Gasteiger partial charge in [0.25, 0.3) is 0 Å². The van der Waals surface area contributed by atoms with Crippen molar-refractivity contribution >= 4 is 29.0 Å². The van der Waals surface area contributed by atoms with Crippen LogP contribution in [0.2, 0.25) is 0 Å². The van der Waals surface area contributed by atoms with E-state index < -0.39 is 21.9 Å². The first-order valence-electron chi connectivity index (χ1n) is 4.52. The smallest absolute Gasteiger partial charge is 0.262 e. The molecular weight excluding hydrogens is 248 g/mol. The first kappa shape index (κ1) is 11.3. The highest BCUT2D eigenvalue weighted by atomic mass is 35.5. The molecule has 2 rings (SSSR count). The second-order valence-electron chi connectivity index (χ2n) is 3.21. The van der Waals surface area contributed by atoms with Gasteiger partial charge in [0, 0.05) is 5.01 Å². The number of halogens is 1. The van der Waals surface area contributed by atoms with Crippen LogP contribution in [0.1, 0.15) is 5.56 Å². The number of benzene rings is 1. The van der Waals surface area contributed by atoms with Crippen molar-refractivity contribution in [3.63, 3.8) is 0 Å². The predicted molar refractivity (Wildman–Crippen MR) is 58.1 cm³/mol. The Morgan fingerprint density at radius 3 is 2.18 bits per heavy atom. The number of hydrogen-bond donors (Lipinski definition) is 0. The van der Waals surface area contributed by atoms with Crippen molar-refractivity contribution in [2.75, 3.05) is 0 Å². The van der Waals surface area contributed by atoms with E-state index in [4.69, 9.17) is 11.6 Å². The monoisotopic (exact) mass is 252 g/mol. The third-order valence-electron chi connectivity index (χ3n) is 2.23. The van der Waals surface area contributed by atoms with E-state index in [1.54, 1.807) is 30.3 Å². The molecular formula is C10H5ClN2O4. The van der Waals surface area contributed by atoms with Crippen LogP contribution in [0.25, 0.3) is 5.57 Å². The summed E-state index contributed by atoms with van der Waals surface area (Å²) in [7, 11) is 0. The van der Waals surface area contributed by atoms with Crippen LogP contribution in [0, 0.1) is 10.1 Å². The number of nitrogens with zero attached hydrogens (tertiary/aromatic N) is 2. The molecule has 0 bridgehead atoms. The van der Waals surface area contributed by atoms with Gasteiger partial charge in [-0.15, -0.1) is 0 Å². The number of carbonyl (C=O) groups is 2. The number of nitro groups is 1. The summed E-state index contributed by atoms with van der Waals surface area (Å²) in [5, 5.41) is 8.94. The third kappa shape index (κ3) is 1.68. The highest BCUT2D eigenvalue weighted by molar-refractivity contribution is 6.54. The van der Waals surface area contributed by atoms with Gasteiger partial charge in [-0.25, -0.2) is 10.1 Å². The molecule has 0 aliphatic carbocycles. The molecule has 2 amide bonds. The lowest BCUT2D eigenvalue weighted by Gasteiger charge is -2.02. The minimum Gasteiger partial charge on any atom is -0.262 e. The summed E-state index contributed by atoms with van der Waals surface area (Å²) in [6.07, 6.45) is 0. The average Bonchev–Trinajstić information content (AvgIpc) is 2.51. The normalized spacial score (nSPS) is 15.7. The predicted octanol–water partition coefficient (Wildman–Crippen LogP) is 1.20. The zero-order valence-corrected chi connectivity index (χ0v) is 9.05. The van der Waals surface area contributed by atoms with Crippen molar-refractivity contribution in [2.24, 2.45) is 0 Å². The standard InChI is InChI=1S/C10H5ClN2O4/c11-8-7(6-4-2-1-3-5-6)9(14)12(10(8)15)13(16)17/h1-5H. The number of amides is 2. The minimum absolute atomic E-state index is 0.0926. The molecule has 0 aromatic heterocycles. The second-order valence-corrected chi connectivity index (χ2v) is 3.59. The van der Waals surface area contributed by atoms with Gasteiger partial charge < -0.3 is 0 Å². The van der Waals surface area contributed by atoms with Crippen molar-refractivity contribution in [1.29, 1.82) is 0 Å². The summed E-state index contributed by atoms with van der Waals surface area (Å²) in [6.45, 7) is 0. The van der Waals surface area contributed by atoms with E-state index in [0.717, 1.165) is 0 Å². The summed E-state index contributed by atoms with van der Waals surface area (Å²) < 4.78 is 0. The SMILES string of the molecule is O=C1C(Cl)=C(c2ccccc2)C(=O)N1[N+](=O)[O-]. The van der Waals surface area contributed by atoms with Gasteiger partial charge >= 0.3 is 11.8 Å². The summed E-state index contributed by atoms with van der Waals surface area (Å²) in [6, 6.07) is 8.08. The van der Waals surface area contributed by atoms with E-state index >= 15 is 0 Å². The molecule has 1 aliphatic rings. The Labute approximate surface area is 100 Å². The lowest BCUT2D eigenvalue weighted by Crippen LogP contribution is -2.36. The van der Waals surface area contributed by atoms with E-state index in [1.165, 1.54) is 0 Å². The lowest BCUT2D eigenvalue weighted by molar-refractivity contribution is -0.612. The Morgan fingerprint density at radius 1 is 1.12 bits per heavy atom. The second kappa shape index (κ2) is 3.99. The first-order chi connectivity index (χ1) is 8.04. The van der Waals surface area contributed by atoms with Gasteiger partial charge in [-0.3, -0.25) is 9.59 Å². The van der Waals surface area contributed by atoms with E-state index in [-0.39, 0.29) is 10.6 Å². The van der Waals surface area contributed by atoms with Gasteiger partial charge in [0.15, 0.2) is 5.03 Å². The molecule has 86 valence electrons. The van der Waals surface area contributed by atoms with E-state index in [1.807, 2.05) is 0 Å².